The van der Waals surface area contributed by atoms with Gasteiger partial charge in [0.1, 0.15) is 0 Å². The van der Waals surface area contributed by atoms with E-state index in [9.17, 15) is 14.7 Å². The molecule has 0 fully saturated rings. The minimum atomic E-state index is -2.02. The van der Waals surface area contributed by atoms with Gasteiger partial charge in [0.25, 0.3) is 5.91 Å². The number of anilines is 1. The third-order valence-electron chi connectivity index (χ3n) is 4.48. The van der Waals surface area contributed by atoms with Gasteiger partial charge in [0.2, 0.25) is 5.75 Å². The zero-order valence-corrected chi connectivity index (χ0v) is 15.7. The Bertz CT molecular complexity index is 903. The van der Waals surface area contributed by atoms with Crippen molar-refractivity contribution in [1.82, 2.24) is 0 Å². The molecule has 2 N–H and O–H groups in total. The lowest BCUT2D eigenvalue weighted by Crippen LogP contribution is -2.36. The van der Waals surface area contributed by atoms with Crippen molar-refractivity contribution < 1.29 is 28.9 Å². The maximum Gasteiger partial charge on any atom is 0.261 e. The van der Waals surface area contributed by atoms with Gasteiger partial charge in [0.15, 0.2) is 22.9 Å². The summed E-state index contributed by atoms with van der Waals surface area (Å²) >= 11 is 6.07. The number of benzene rings is 2. The van der Waals surface area contributed by atoms with Crippen LogP contribution in [0.25, 0.3) is 0 Å². The van der Waals surface area contributed by atoms with Crippen molar-refractivity contribution in [3.05, 3.63) is 46.5 Å². The van der Waals surface area contributed by atoms with Crippen LogP contribution in [0.1, 0.15) is 22.3 Å². The number of hydrogen-bond acceptors (Lipinski definition) is 6. The Labute approximate surface area is 160 Å². The van der Waals surface area contributed by atoms with Gasteiger partial charge in [-0.3, -0.25) is 9.59 Å². The van der Waals surface area contributed by atoms with Crippen molar-refractivity contribution in [2.45, 2.75) is 12.0 Å². The third-order valence-corrected chi connectivity index (χ3v) is 4.79. The number of fused-ring (bicyclic) bond motifs is 1. The number of nitrogens with one attached hydrogen (secondary N) is 1. The molecule has 27 heavy (non-hydrogen) atoms. The maximum absolute atomic E-state index is 12.9. The summed E-state index contributed by atoms with van der Waals surface area (Å²) in [7, 11) is 4.32. The van der Waals surface area contributed by atoms with E-state index in [-0.39, 0.29) is 16.1 Å². The number of rotatable bonds is 6. The van der Waals surface area contributed by atoms with Crippen LogP contribution in [-0.2, 0) is 10.4 Å². The van der Waals surface area contributed by atoms with E-state index in [1.165, 1.54) is 33.5 Å². The minimum Gasteiger partial charge on any atom is -0.493 e. The third kappa shape index (κ3) is 3.09. The van der Waals surface area contributed by atoms with Crippen molar-refractivity contribution in [1.29, 1.82) is 0 Å². The number of para-hydroxylation sites is 1. The Kier molecular flexibility index (Phi) is 4.99. The number of aliphatic hydroxyl groups is 1. The Morgan fingerprint density at radius 3 is 2.33 bits per heavy atom. The minimum absolute atomic E-state index is 0.209. The fourth-order valence-electron chi connectivity index (χ4n) is 3.09. The van der Waals surface area contributed by atoms with Gasteiger partial charge in [0.05, 0.1) is 38.5 Å². The topological polar surface area (TPSA) is 94.1 Å². The average molecular weight is 392 g/mol. The quantitative estimate of drug-likeness (QED) is 0.735. The lowest BCUT2D eigenvalue weighted by molar-refractivity contribution is -0.133. The van der Waals surface area contributed by atoms with E-state index in [0.29, 0.717) is 22.9 Å². The average Bonchev–Trinajstić information content (AvgIpc) is 2.92. The van der Waals surface area contributed by atoms with Gasteiger partial charge in [-0.2, -0.15) is 0 Å². The van der Waals surface area contributed by atoms with E-state index < -0.39 is 23.7 Å². The van der Waals surface area contributed by atoms with Crippen LogP contribution in [0.2, 0.25) is 5.02 Å². The molecular weight excluding hydrogens is 374 g/mol. The first-order valence-corrected chi connectivity index (χ1v) is 8.39. The highest BCUT2D eigenvalue weighted by Gasteiger charge is 2.47. The predicted octanol–water partition coefficient (Wildman–Crippen LogP) is 2.78. The molecule has 1 amide bonds. The van der Waals surface area contributed by atoms with Crippen LogP contribution < -0.4 is 19.5 Å². The lowest BCUT2D eigenvalue weighted by Gasteiger charge is -2.20. The van der Waals surface area contributed by atoms with Crippen LogP contribution in [0.15, 0.2) is 30.3 Å². The Morgan fingerprint density at radius 1 is 1.15 bits per heavy atom. The highest BCUT2D eigenvalue weighted by atomic mass is 35.5. The molecule has 2 aromatic carbocycles. The van der Waals surface area contributed by atoms with E-state index in [1.54, 1.807) is 18.2 Å². The first-order chi connectivity index (χ1) is 12.8. The van der Waals surface area contributed by atoms with Crippen LogP contribution in [0.5, 0.6) is 17.2 Å². The Morgan fingerprint density at radius 2 is 1.78 bits per heavy atom. The SMILES string of the molecule is COc1cc(C(=O)C[C@@]2(O)C(=O)Nc3c(Cl)cccc32)cc(OC)c1OC. The number of hydrogen-bond donors (Lipinski definition) is 2. The molecule has 1 aliphatic rings. The Hall–Kier alpha value is -2.77. The van der Waals surface area contributed by atoms with Crippen LogP contribution in [0, 0.1) is 0 Å². The molecule has 0 unspecified atom stereocenters. The smallest absolute Gasteiger partial charge is 0.261 e. The van der Waals surface area contributed by atoms with Crippen molar-refractivity contribution in [2.24, 2.45) is 0 Å². The molecule has 7 nitrogen and oxygen atoms in total. The summed E-state index contributed by atoms with van der Waals surface area (Å²) in [6.45, 7) is 0. The first-order valence-electron chi connectivity index (χ1n) is 8.01. The van der Waals surface area contributed by atoms with E-state index in [4.69, 9.17) is 25.8 Å². The largest absolute Gasteiger partial charge is 0.493 e. The van der Waals surface area contributed by atoms with Crippen molar-refractivity contribution >= 4 is 29.0 Å². The molecule has 1 heterocycles. The molecule has 1 atom stereocenters. The summed E-state index contributed by atoms with van der Waals surface area (Å²) in [5.41, 5.74) is -1.23. The van der Waals surface area contributed by atoms with Crippen LogP contribution in [-0.4, -0.2) is 38.1 Å². The molecule has 8 heteroatoms. The predicted molar refractivity (Wildman–Crippen MR) is 99.0 cm³/mol. The molecule has 3 rings (SSSR count). The highest BCUT2D eigenvalue weighted by Crippen LogP contribution is 2.43. The standard InChI is InChI=1S/C19H18ClNO6/c1-25-14-7-10(8-15(26-2)17(14)27-3)13(22)9-19(24)11-5-4-6-12(20)16(11)21-18(19)23/h4-8,24H,9H2,1-3H3,(H,21,23)/t19-/m0/s1. The number of amides is 1. The molecule has 0 saturated heterocycles. The summed E-state index contributed by atoms with van der Waals surface area (Å²) in [5, 5.41) is 13.8. The van der Waals surface area contributed by atoms with Gasteiger partial charge in [-0.05, 0) is 18.2 Å². The molecule has 0 aliphatic carbocycles. The van der Waals surface area contributed by atoms with E-state index in [2.05, 4.69) is 5.32 Å². The fraction of sp³-hybridized carbons (Fsp3) is 0.263. The van der Waals surface area contributed by atoms with E-state index >= 15 is 0 Å². The summed E-state index contributed by atoms with van der Waals surface area (Å²) in [6, 6.07) is 7.70. The van der Waals surface area contributed by atoms with Crippen LogP contribution in [0.3, 0.4) is 0 Å². The summed E-state index contributed by atoms with van der Waals surface area (Å²) in [5.74, 6) is -0.241. The summed E-state index contributed by atoms with van der Waals surface area (Å²) < 4.78 is 15.7. The second-order valence-electron chi connectivity index (χ2n) is 5.99. The number of carbonyl (C=O) groups is 2. The van der Waals surface area contributed by atoms with Gasteiger partial charge in [-0.1, -0.05) is 23.7 Å². The number of methoxy groups -OCH3 is 3. The molecule has 142 valence electrons. The van der Waals surface area contributed by atoms with Crippen molar-refractivity contribution in [3.63, 3.8) is 0 Å². The number of ketones is 1. The number of ether oxygens (including phenoxy) is 3. The Balaban J connectivity index is 1.99. The van der Waals surface area contributed by atoms with Crippen molar-refractivity contribution in [2.75, 3.05) is 26.6 Å². The van der Waals surface area contributed by atoms with E-state index in [1.807, 2.05) is 0 Å². The number of Topliss-reactive ketones (excluding diaryl/α,β-unsaturated/α-hetero) is 1. The number of carbonyl (C=O) groups excluding carboxylic acids is 2. The van der Waals surface area contributed by atoms with Crippen LogP contribution >= 0.6 is 11.6 Å². The monoisotopic (exact) mass is 391 g/mol. The second kappa shape index (κ2) is 7.09. The molecule has 0 aromatic heterocycles. The molecule has 0 saturated carbocycles. The van der Waals surface area contributed by atoms with Gasteiger partial charge < -0.3 is 24.6 Å². The summed E-state index contributed by atoms with van der Waals surface area (Å²) in [4.78, 5) is 25.2. The summed E-state index contributed by atoms with van der Waals surface area (Å²) in [6.07, 6.45) is -0.467. The van der Waals surface area contributed by atoms with Gasteiger partial charge in [-0.25, -0.2) is 0 Å². The normalized spacial score (nSPS) is 17.9. The molecule has 1 aliphatic heterocycles. The lowest BCUT2D eigenvalue weighted by atomic mass is 9.88. The zero-order valence-electron chi connectivity index (χ0n) is 15.0. The van der Waals surface area contributed by atoms with Gasteiger partial charge in [-0.15, -0.1) is 0 Å². The van der Waals surface area contributed by atoms with Gasteiger partial charge in [0, 0.05) is 11.1 Å². The molecule has 0 bridgehead atoms. The molecular formula is C19H18ClNO6. The maximum atomic E-state index is 12.9. The number of halogens is 1. The second-order valence-corrected chi connectivity index (χ2v) is 6.40. The van der Waals surface area contributed by atoms with Crippen molar-refractivity contribution in [3.8, 4) is 17.2 Å². The first kappa shape index (κ1) is 19.0. The molecule has 0 spiro atoms. The fourth-order valence-corrected chi connectivity index (χ4v) is 3.31. The molecule has 0 radical (unpaired) electrons. The van der Waals surface area contributed by atoms with E-state index in [0.717, 1.165) is 0 Å². The molecule has 2 aromatic rings. The van der Waals surface area contributed by atoms with Crippen LogP contribution in [0.4, 0.5) is 5.69 Å². The highest BCUT2D eigenvalue weighted by molar-refractivity contribution is 6.34. The zero-order chi connectivity index (χ0) is 19.8. The van der Waals surface area contributed by atoms with Gasteiger partial charge >= 0.3 is 0 Å².